The lowest BCUT2D eigenvalue weighted by molar-refractivity contribution is 1.06. The number of rotatable bonds is 9. The lowest BCUT2D eigenvalue weighted by Gasteiger charge is -2.20. The van der Waals surface area contributed by atoms with E-state index in [1.165, 1.54) is 0 Å². The Kier molecular flexibility index (Phi) is 10.6. The summed E-state index contributed by atoms with van der Waals surface area (Å²) in [5.74, 6) is 3.10. The second-order valence-corrected chi connectivity index (χ2v) is 18.5. The monoisotopic (exact) mass is 972 g/mol. The molecule has 0 aliphatic carbocycles. The summed E-state index contributed by atoms with van der Waals surface area (Å²) in [6.07, 6.45) is 1.85. The summed E-state index contributed by atoms with van der Waals surface area (Å²) in [6.45, 7) is 0. The molecule has 0 spiro atoms. The molecule has 354 valence electrons. The van der Waals surface area contributed by atoms with Gasteiger partial charge in [-0.1, -0.05) is 176 Å². The molecule has 0 unspecified atom stereocenters. The third-order valence-electron chi connectivity index (χ3n) is 13.9. The molecule has 0 atom stereocenters. The van der Waals surface area contributed by atoms with Crippen molar-refractivity contribution in [1.29, 1.82) is 5.26 Å². The number of hydrogen-bond donors (Lipinski definition) is 0. The van der Waals surface area contributed by atoms with E-state index in [4.69, 9.17) is 34.9 Å². The summed E-state index contributed by atoms with van der Waals surface area (Å²) in [6, 6.07) is 82.0. The van der Waals surface area contributed by atoms with E-state index in [1.54, 1.807) is 0 Å². The maximum atomic E-state index is 11.0. The summed E-state index contributed by atoms with van der Waals surface area (Å²) in [4.78, 5) is 36.0. The quantitative estimate of drug-likeness (QED) is 0.140. The smallest absolute Gasteiger partial charge is 0.166 e. The third-order valence-corrected chi connectivity index (χ3v) is 13.9. The highest BCUT2D eigenvalue weighted by molar-refractivity contribution is 6.12. The highest BCUT2D eigenvalue weighted by Crippen LogP contribution is 2.43. The van der Waals surface area contributed by atoms with Gasteiger partial charge in [-0.2, -0.15) is 5.26 Å². The van der Waals surface area contributed by atoms with Crippen molar-refractivity contribution >= 4 is 43.6 Å². The van der Waals surface area contributed by atoms with E-state index < -0.39 is 0 Å². The van der Waals surface area contributed by atoms with Crippen molar-refractivity contribution in [1.82, 2.24) is 44.0 Å². The van der Waals surface area contributed by atoms with Crippen LogP contribution in [0.1, 0.15) is 5.56 Å². The second kappa shape index (κ2) is 18.4. The van der Waals surface area contributed by atoms with Crippen LogP contribution in [0.3, 0.4) is 0 Å². The molecule has 0 saturated carbocycles. The van der Waals surface area contributed by atoms with Gasteiger partial charge in [0.05, 0.1) is 45.1 Å². The summed E-state index contributed by atoms with van der Waals surface area (Å²) in [5, 5.41) is 15.3. The number of nitriles is 1. The van der Waals surface area contributed by atoms with Gasteiger partial charge in [-0.25, -0.2) is 29.9 Å². The Morgan fingerprint density at radius 3 is 1.20 bits per heavy atom. The highest BCUT2D eigenvalue weighted by atomic mass is 15.1. The third kappa shape index (κ3) is 7.63. The SMILES string of the molecule is N#Cc1cc(-c2cc(-n3c4ccccc4c4ccccc43)ccn2)c(-n2c3ccccc3c3cc(-c4nc(-c5ccccc5)nc(-c5ccccc5)n4)ccc32)c(-c2nc(-c3ccccc3)nc(-c3ccccc3)n2)c1. The number of pyridine rings is 1. The van der Waals surface area contributed by atoms with Crippen LogP contribution in [0.5, 0.6) is 0 Å². The van der Waals surface area contributed by atoms with E-state index in [1.807, 2.05) is 146 Å². The molecule has 0 fully saturated rings. The van der Waals surface area contributed by atoms with Crippen LogP contribution < -0.4 is 0 Å². The predicted octanol–water partition coefficient (Wildman–Crippen LogP) is 15.2. The first kappa shape index (κ1) is 44.0. The average molecular weight is 973 g/mol. The lowest BCUT2D eigenvalue weighted by atomic mass is 9.98. The zero-order valence-electron chi connectivity index (χ0n) is 40.6. The Hall–Kier alpha value is -10.8. The van der Waals surface area contributed by atoms with Crippen molar-refractivity contribution < 1.29 is 0 Å². The van der Waals surface area contributed by atoms with Gasteiger partial charge in [-0.15, -0.1) is 0 Å². The second-order valence-electron chi connectivity index (χ2n) is 18.5. The molecule has 14 rings (SSSR count). The number of hydrogen-bond acceptors (Lipinski definition) is 8. The molecule has 5 aromatic heterocycles. The topological polar surface area (TPSA) is 124 Å². The predicted molar refractivity (Wildman–Crippen MR) is 302 cm³/mol. The van der Waals surface area contributed by atoms with Crippen LogP contribution in [-0.4, -0.2) is 44.0 Å². The first-order chi connectivity index (χ1) is 37.6. The van der Waals surface area contributed by atoms with Crippen molar-refractivity contribution in [2.75, 3.05) is 0 Å². The van der Waals surface area contributed by atoms with E-state index in [0.29, 0.717) is 57.3 Å². The van der Waals surface area contributed by atoms with Crippen molar-refractivity contribution in [2.45, 2.75) is 0 Å². The van der Waals surface area contributed by atoms with Crippen LogP contribution in [0.2, 0.25) is 0 Å². The largest absolute Gasteiger partial charge is 0.309 e. The number of fused-ring (bicyclic) bond motifs is 6. The van der Waals surface area contributed by atoms with E-state index in [-0.39, 0.29) is 0 Å². The number of aromatic nitrogens is 9. The molecule has 0 saturated heterocycles. The summed E-state index contributed by atoms with van der Waals surface area (Å²) >= 11 is 0. The average Bonchev–Trinajstić information content (AvgIpc) is 4.04. The van der Waals surface area contributed by atoms with Crippen LogP contribution >= 0.6 is 0 Å². The van der Waals surface area contributed by atoms with Crippen molar-refractivity contribution in [2.24, 2.45) is 0 Å². The van der Waals surface area contributed by atoms with Gasteiger partial charge in [0.25, 0.3) is 0 Å². The molecule has 76 heavy (non-hydrogen) atoms. The Labute approximate surface area is 436 Å². The van der Waals surface area contributed by atoms with E-state index in [2.05, 4.69) is 112 Å². The summed E-state index contributed by atoms with van der Waals surface area (Å²) in [7, 11) is 0. The molecule has 9 aromatic carbocycles. The highest BCUT2D eigenvalue weighted by Gasteiger charge is 2.26. The number of para-hydroxylation sites is 3. The maximum absolute atomic E-state index is 11.0. The number of nitrogens with zero attached hydrogens (tertiary/aromatic N) is 10. The molecule has 0 aliphatic rings. The minimum Gasteiger partial charge on any atom is -0.309 e. The fourth-order valence-corrected chi connectivity index (χ4v) is 10.4. The van der Waals surface area contributed by atoms with Gasteiger partial charge >= 0.3 is 0 Å². The first-order valence-corrected chi connectivity index (χ1v) is 24.9. The molecule has 14 aromatic rings. The van der Waals surface area contributed by atoms with E-state index >= 15 is 0 Å². The van der Waals surface area contributed by atoms with Crippen LogP contribution in [0.25, 0.3) is 135 Å². The van der Waals surface area contributed by atoms with Gasteiger partial charge in [0.15, 0.2) is 34.9 Å². The molecule has 10 heteroatoms. The first-order valence-electron chi connectivity index (χ1n) is 24.9. The molecule has 10 nitrogen and oxygen atoms in total. The summed E-state index contributed by atoms with van der Waals surface area (Å²) < 4.78 is 4.55. The Morgan fingerprint density at radius 2 is 0.711 bits per heavy atom. The van der Waals surface area contributed by atoms with Crippen LogP contribution in [-0.2, 0) is 0 Å². The molecule has 0 bridgehead atoms. The van der Waals surface area contributed by atoms with Gasteiger partial charge in [0.2, 0.25) is 0 Å². The molecule has 0 aliphatic heterocycles. The van der Waals surface area contributed by atoms with Crippen molar-refractivity contribution in [3.63, 3.8) is 0 Å². The standard InChI is InChI=1S/C66H40N10/c67-41-42-37-53(55-40-48(35-36-68-55)75-56-30-16-13-27-49(56)50-28-14-17-31-57(50)75)60(54(38-42)66-73-63(45-23-9-3-10-24-45)70-64(74-66)46-25-11-4-12-26-46)76-58-32-18-15-29-51(58)52-39-47(33-34-59(52)76)65-71-61(43-19-5-1-6-20-43)69-62(72-65)44-21-7-2-8-22-44/h1-40H. The van der Waals surface area contributed by atoms with Gasteiger partial charge in [0.1, 0.15) is 0 Å². The fourth-order valence-electron chi connectivity index (χ4n) is 10.4. The fraction of sp³-hybridized carbons (Fsp3) is 0. The molecule has 0 amide bonds. The molecule has 0 N–H and O–H groups in total. The molecular weight excluding hydrogens is 933 g/mol. The van der Waals surface area contributed by atoms with Crippen LogP contribution in [0.4, 0.5) is 0 Å². The molecular formula is C66H40N10. The molecule has 5 heterocycles. The molecule has 0 radical (unpaired) electrons. The van der Waals surface area contributed by atoms with Gasteiger partial charge in [-0.3, -0.25) is 4.98 Å². The van der Waals surface area contributed by atoms with Gasteiger partial charge in [0, 0.05) is 72.4 Å². The van der Waals surface area contributed by atoms with Gasteiger partial charge < -0.3 is 9.13 Å². The number of benzene rings is 9. The summed E-state index contributed by atoms with van der Waals surface area (Å²) in [5.41, 5.74) is 12.3. The Morgan fingerprint density at radius 1 is 0.316 bits per heavy atom. The van der Waals surface area contributed by atoms with Crippen LogP contribution in [0, 0.1) is 11.3 Å². The van der Waals surface area contributed by atoms with E-state index in [9.17, 15) is 5.26 Å². The van der Waals surface area contributed by atoms with Crippen molar-refractivity contribution in [3.8, 4) is 97.0 Å². The normalized spacial score (nSPS) is 11.4. The lowest BCUT2D eigenvalue weighted by Crippen LogP contribution is -2.06. The van der Waals surface area contributed by atoms with Crippen LogP contribution in [0.15, 0.2) is 243 Å². The van der Waals surface area contributed by atoms with E-state index in [0.717, 1.165) is 82.8 Å². The Bertz CT molecular complexity index is 4410. The Balaban J connectivity index is 1.06. The zero-order valence-corrected chi connectivity index (χ0v) is 40.6. The maximum Gasteiger partial charge on any atom is 0.166 e. The van der Waals surface area contributed by atoms with Gasteiger partial charge in [-0.05, 0) is 60.7 Å². The minimum absolute atomic E-state index is 0.397. The van der Waals surface area contributed by atoms with Crippen molar-refractivity contribution in [3.05, 3.63) is 248 Å². The zero-order chi connectivity index (χ0) is 50.5. The minimum atomic E-state index is 0.397.